The van der Waals surface area contributed by atoms with Crippen LogP contribution in [0.15, 0.2) is 59.6 Å². The molecule has 8 nitrogen and oxygen atoms in total. The predicted octanol–water partition coefficient (Wildman–Crippen LogP) is 5.70. The van der Waals surface area contributed by atoms with Crippen molar-refractivity contribution in [2.75, 3.05) is 16.2 Å². The molecule has 1 saturated heterocycles. The highest BCUT2D eigenvalue weighted by atomic mass is 35.5. The van der Waals surface area contributed by atoms with E-state index in [2.05, 4.69) is 15.6 Å². The summed E-state index contributed by atoms with van der Waals surface area (Å²) >= 11 is 12.3. The summed E-state index contributed by atoms with van der Waals surface area (Å²) in [6, 6.07) is 9.34. The van der Waals surface area contributed by atoms with Crippen molar-refractivity contribution < 1.29 is 31.2 Å². The lowest BCUT2D eigenvalue weighted by Gasteiger charge is -2.36. The Kier molecular flexibility index (Phi) is 7.92. The number of amides is 2. The van der Waals surface area contributed by atoms with Crippen LogP contribution in [-0.4, -0.2) is 37.8 Å². The molecule has 5 rings (SSSR count). The van der Waals surface area contributed by atoms with Crippen LogP contribution in [0.3, 0.4) is 0 Å². The second-order valence-electron chi connectivity index (χ2n) is 9.91. The molecule has 0 radical (unpaired) electrons. The Hall–Kier alpha value is -3.35. The van der Waals surface area contributed by atoms with Crippen LogP contribution in [0.4, 0.5) is 24.5 Å². The lowest BCUT2D eigenvalue weighted by molar-refractivity contribution is -0.137. The van der Waals surface area contributed by atoms with Gasteiger partial charge in [-0.1, -0.05) is 35.3 Å². The Morgan fingerprint density at radius 1 is 1.12 bits per heavy atom. The largest absolute Gasteiger partial charge is 0.416 e. The quantitative estimate of drug-likeness (QED) is 0.365. The molecule has 1 fully saturated rings. The van der Waals surface area contributed by atoms with Crippen LogP contribution < -0.4 is 14.9 Å². The van der Waals surface area contributed by atoms with Gasteiger partial charge in [0.2, 0.25) is 5.91 Å². The fraction of sp³-hybridized carbons (Fsp3) is 0.296. The molecule has 1 aromatic heterocycles. The van der Waals surface area contributed by atoms with Crippen LogP contribution in [-0.2, 0) is 27.4 Å². The van der Waals surface area contributed by atoms with E-state index < -0.39 is 32.6 Å². The van der Waals surface area contributed by atoms with E-state index >= 15 is 0 Å². The fourth-order valence-electron chi connectivity index (χ4n) is 5.10. The molecule has 0 bridgehead atoms. The molecule has 2 atom stereocenters. The maximum Gasteiger partial charge on any atom is 0.416 e. The summed E-state index contributed by atoms with van der Waals surface area (Å²) < 4.78 is 69.0. The number of carbonyl (C=O) groups excluding carboxylic acids is 2. The van der Waals surface area contributed by atoms with Crippen molar-refractivity contribution in [3.8, 4) is 0 Å². The van der Waals surface area contributed by atoms with E-state index in [-0.39, 0.29) is 51.4 Å². The minimum atomic E-state index is -4.74. The van der Waals surface area contributed by atoms with Gasteiger partial charge in [0.15, 0.2) is 0 Å². The van der Waals surface area contributed by atoms with Gasteiger partial charge >= 0.3 is 6.18 Å². The maximum absolute atomic E-state index is 13.8. The molecule has 3 heterocycles. The summed E-state index contributed by atoms with van der Waals surface area (Å²) in [6.07, 6.45) is -1.59. The van der Waals surface area contributed by atoms with Gasteiger partial charge < -0.3 is 10.6 Å². The summed E-state index contributed by atoms with van der Waals surface area (Å²) in [4.78, 5) is 28.5. The second-order valence-corrected chi connectivity index (χ2v) is 12.6. The first-order valence-corrected chi connectivity index (χ1v) is 14.8. The predicted molar refractivity (Wildman–Crippen MR) is 148 cm³/mol. The van der Waals surface area contributed by atoms with Crippen molar-refractivity contribution in [1.29, 1.82) is 0 Å². The maximum atomic E-state index is 13.8. The Labute approximate surface area is 243 Å². The number of carbonyl (C=O) groups is 2. The number of alkyl halides is 3. The van der Waals surface area contributed by atoms with Crippen molar-refractivity contribution in [2.45, 2.75) is 42.8 Å². The Morgan fingerprint density at radius 2 is 1.83 bits per heavy atom. The highest BCUT2D eigenvalue weighted by Crippen LogP contribution is 2.38. The van der Waals surface area contributed by atoms with Crippen LogP contribution in [0.5, 0.6) is 0 Å². The molecule has 2 aliphatic heterocycles. The van der Waals surface area contributed by atoms with E-state index in [0.717, 1.165) is 22.5 Å². The average molecular weight is 627 g/mol. The van der Waals surface area contributed by atoms with Gasteiger partial charge in [0.05, 0.1) is 49.3 Å². The number of halogens is 5. The van der Waals surface area contributed by atoms with Crippen molar-refractivity contribution in [2.24, 2.45) is 5.92 Å². The summed E-state index contributed by atoms with van der Waals surface area (Å²) in [5, 5.41) is 5.70. The highest BCUT2D eigenvalue weighted by molar-refractivity contribution is 7.92. The van der Waals surface area contributed by atoms with Gasteiger partial charge in [-0.2, -0.15) is 13.2 Å². The minimum Gasteiger partial charge on any atom is -0.353 e. The summed E-state index contributed by atoms with van der Waals surface area (Å²) in [7, 11) is -4.50. The van der Waals surface area contributed by atoms with Crippen LogP contribution in [0.2, 0.25) is 10.0 Å². The third-order valence-corrected chi connectivity index (χ3v) is 9.43. The van der Waals surface area contributed by atoms with E-state index in [9.17, 15) is 31.2 Å². The second kappa shape index (κ2) is 11.1. The first kappa shape index (κ1) is 29.2. The third-order valence-electron chi connectivity index (χ3n) is 7.02. The van der Waals surface area contributed by atoms with Crippen LogP contribution in [0, 0.1) is 5.92 Å². The number of hydrogen-bond donors (Lipinski definition) is 2. The molecule has 41 heavy (non-hydrogen) atoms. The number of pyridine rings is 1. The number of hydrogen-bond acceptors (Lipinski definition) is 5. The topological polar surface area (TPSA) is 108 Å². The molecule has 2 unspecified atom stereocenters. The number of nitrogens with one attached hydrogen (secondary N) is 2. The fourth-order valence-corrected chi connectivity index (χ4v) is 7.28. The minimum absolute atomic E-state index is 0.0145. The van der Waals surface area contributed by atoms with Gasteiger partial charge in [-0.3, -0.25) is 18.9 Å². The highest BCUT2D eigenvalue weighted by Gasteiger charge is 2.38. The summed E-state index contributed by atoms with van der Waals surface area (Å²) in [5.41, 5.74) is -0.444. The smallest absolute Gasteiger partial charge is 0.353 e. The van der Waals surface area contributed by atoms with Gasteiger partial charge in [-0.25, -0.2) is 8.42 Å². The zero-order chi connectivity index (χ0) is 29.5. The molecule has 0 aliphatic carbocycles. The molecule has 0 spiro atoms. The van der Waals surface area contributed by atoms with Crippen molar-refractivity contribution in [3.63, 3.8) is 0 Å². The molecule has 3 aromatic rings. The zero-order valence-corrected chi connectivity index (χ0v) is 23.5. The molecule has 2 amide bonds. The number of benzene rings is 2. The SMILES string of the molecule is O=C1CCC(CC2Cc3ncc(NC(=O)c4c(Cl)cccc4Cl)cc3N(S(=O)(=O)c3cccc(C(F)(F)F)c3)C2)N1. The number of sulfonamides is 1. The first-order valence-electron chi connectivity index (χ1n) is 12.6. The Balaban J connectivity index is 1.52. The zero-order valence-electron chi connectivity index (χ0n) is 21.2. The number of anilines is 2. The van der Waals surface area contributed by atoms with Crippen molar-refractivity contribution in [3.05, 3.63) is 81.6 Å². The molecule has 2 aliphatic rings. The number of aromatic nitrogens is 1. The molecule has 2 aromatic carbocycles. The van der Waals surface area contributed by atoms with E-state index in [0.29, 0.717) is 37.4 Å². The molecular weight excluding hydrogens is 604 g/mol. The molecular formula is C27H23Cl2F3N4O4S. The normalized spacial score (nSPS) is 19.0. The monoisotopic (exact) mass is 626 g/mol. The number of nitrogens with zero attached hydrogens (tertiary/aromatic N) is 2. The van der Waals surface area contributed by atoms with E-state index in [1.165, 1.54) is 24.4 Å². The van der Waals surface area contributed by atoms with Crippen molar-refractivity contribution in [1.82, 2.24) is 10.3 Å². The number of rotatable bonds is 6. The van der Waals surface area contributed by atoms with Gasteiger partial charge in [-0.15, -0.1) is 0 Å². The lowest BCUT2D eigenvalue weighted by atomic mass is 9.91. The van der Waals surface area contributed by atoms with Crippen LogP contribution in [0.1, 0.15) is 40.9 Å². The van der Waals surface area contributed by atoms with Crippen molar-refractivity contribution >= 4 is 56.4 Å². The summed E-state index contributed by atoms with van der Waals surface area (Å²) in [6.45, 7) is -0.0621. The first-order chi connectivity index (χ1) is 19.3. The third kappa shape index (κ3) is 6.14. The van der Waals surface area contributed by atoms with Crippen LogP contribution >= 0.6 is 23.2 Å². The van der Waals surface area contributed by atoms with Gasteiger partial charge in [-0.05, 0) is 61.6 Å². The van der Waals surface area contributed by atoms with Crippen LogP contribution in [0.25, 0.3) is 0 Å². The van der Waals surface area contributed by atoms with E-state index in [4.69, 9.17) is 23.2 Å². The standard InChI is InChI=1S/C27H23Cl2F3N4O4S/c28-20-5-2-6-21(29)25(20)26(38)35-18-12-23-22(33-13-18)10-15(9-17-7-8-24(37)34-17)14-36(23)41(39,40)19-4-1-3-16(11-19)27(30,31)32/h1-6,11-13,15,17H,7-10,14H2,(H,34,37)(H,35,38). The lowest BCUT2D eigenvalue weighted by Crippen LogP contribution is -2.42. The van der Waals surface area contributed by atoms with Gasteiger partial charge in [0.25, 0.3) is 15.9 Å². The molecule has 14 heteroatoms. The average Bonchev–Trinajstić information content (AvgIpc) is 3.32. The summed E-state index contributed by atoms with van der Waals surface area (Å²) in [5.74, 6) is -1.02. The van der Waals surface area contributed by atoms with Gasteiger partial charge in [0.1, 0.15) is 0 Å². The molecule has 0 saturated carbocycles. The Bertz CT molecular complexity index is 1610. The molecule has 2 N–H and O–H groups in total. The van der Waals surface area contributed by atoms with Gasteiger partial charge in [0, 0.05) is 19.0 Å². The van der Waals surface area contributed by atoms with E-state index in [1.807, 2.05) is 0 Å². The molecule has 216 valence electrons. The Morgan fingerprint density at radius 3 is 2.49 bits per heavy atom. The number of fused-ring (bicyclic) bond motifs is 1. The van der Waals surface area contributed by atoms with E-state index in [1.54, 1.807) is 6.07 Å².